The number of hydrogen-bond acceptors (Lipinski definition) is 3. The Morgan fingerprint density at radius 3 is 2.65 bits per heavy atom. The Kier molecular flexibility index (Phi) is 4.74. The zero-order valence-electron chi connectivity index (χ0n) is 14.5. The van der Waals surface area contributed by atoms with E-state index in [0.717, 1.165) is 38.9 Å². The van der Waals surface area contributed by atoms with E-state index in [0.29, 0.717) is 5.92 Å². The maximum absolute atomic E-state index is 13.2. The average Bonchev–Trinajstić information content (AvgIpc) is 2.96. The second kappa shape index (κ2) is 6.62. The van der Waals surface area contributed by atoms with Crippen LogP contribution in [0.4, 0.5) is 0 Å². The van der Waals surface area contributed by atoms with Gasteiger partial charge in [0.1, 0.15) is 5.60 Å². The summed E-state index contributed by atoms with van der Waals surface area (Å²) in [6.45, 7) is 6.84. The molecule has 0 aromatic heterocycles. The van der Waals surface area contributed by atoms with Crippen LogP contribution in [0.2, 0.25) is 0 Å². The number of amides is 1. The number of nitrogens with zero attached hydrogens (tertiary/aromatic N) is 1. The summed E-state index contributed by atoms with van der Waals surface area (Å²) in [6, 6.07) is 8.82. The van der Waals surface area contributed by atoms with Gasteiger partial charge in [-0.2, -0.15) is 0 Å². The second-order valence-corrected chi connectivity index (χ2v) is 7.04. The summed E-state index contributed by atoms with van der Waals surface area (Å²) in [5.41, 5.74) is 2.08. The van der Waals surface area contributed by atoms with Gasteiger partial charge in [0, 0.05) is 25.6 Å². The first-order valence-electron chi connectivity index (χ1n) is 8.70. The van der Waals surface area contributed by atoms with Gasteiger partial charge in [-0.05, 0) is 57.3 Å². The number of carbonyl (C=O) groups is 1. The second-order valence-electron chi connectivity index (χ2n) is 7.04. The number of methoxy groups -OCH3 is 1. The topological polar surface area (TPSA) is 41.6 Å². The summed E-state index contributed by atoms with van der Waals surface area (Å²) in [7, 11) is 1.68. The van der Waals surface area contributed by atoms with Crippen molar-refractivity contribution < 1.29 is 9.53 Å². The summed E-state index contributed by atoms with van der Waals surface area (Å²) in [5.74, 6) is 0.621. The Hall–Kier alpha value is -1.39. The lowest BCUT2D eigenvalue weighted by molar-refractivity contribution is -0.159. The first kappa shape index (κ1) is 16.5. The molecule has 3 rings (SSSR count). The Labute approximate surface area is 139 Å². The van der Waals surface area contributed by atoms with Crippen LogP contribution in [-0.4, -0.2) is 49.2 Å². The number of ether oxygens (including phenoxy) is 1. The smallest absolute Gasteiger partial charge is 0.255 e. The molecule has 0 radical (unpaired) electrons. The SMILES string of the molecule is COC1(C(=O)N2CC(c3ccccc3C)CC2C)CCNCC1. The molecule has 0 aliphatic carbocycles. The average molecular weight is 316 g/mol. The van der Waals surface area contributed by atoms with Crippen molar-refractivity contribution in [2.75, 3.05) is 26.7 Å². The van der Waals surface area contributed by atoms with E-state index in [-0.39, 0.29) is 11.9 Å². The number of likely N-dealkylation sites (tertiary alicyclic amines) is 1. The molecule has 1 aromatic rings. The van der Waals surface area contributed by atoms with E-state index in [1.807, 2.05) is 0 Å². The molecule has 4 heteroatoms. The van der Waals surface area contributed by atoms with Crippen molar-refractivity contribution in [3.63, 3.8) is 0 Å². The number of aryl methyl sites for hydroxylation is 1. The Morgan fingerprint density at radius 2 is 2.00 bits per heavy atom. The van der Waals surface area contributed by atoms with Gasteiger partial charge in [-0.25, -0.2) is 0 Å². The van der Waals surface area contributed by atoms with Gasteiger partial charge in [0.05, 0.1) is 0 Å². The molecule has 0 spiro atoms. The molecule has 1 aromatic carbocycles. The predicted molar refractivity (Wildman–Crippen MR) is 91.6 cm³/mol. The molecule has 0 bridgehead atoms. The minimum absolute atomic E-state index is 0.185. The van der Waals surface area contributed by atoms with E-state index in [1.54, 1.807) is 7.11 Å². The van der Waals surface area contributed by atoms with Crippen LogP contribution in [0.25, 0.3) is 0 Å². The molecule has 23 heavy (non-hydrogen) atoms. The first-order valence-corrected chi connectivity index (χ1v) is 8.70. The highest BCUT2D eigenvalue weighted by Crippen LogP contribution is 2.36. The van der Waals surface area contributed by atoms with Crippen LogP contribution < -0.4 is 5.32 Å². The fraction of sp³-hybridized carbons (Fsp3) is 0.632. The van der Waals surface area contributed by atoms with E-state index < -0.39 is 5.60 Å². The summed E-state index contributed by atoms with van der Waals surface area (Å²) < 4.78 is 5.73. The van der Waals surface area contributed by atoms with Crippen molar-refractivity contribution in [1.82, 2.24) is 10.2 Å². The van der Waals surface area contributed by atoms with Gasteiger partial charge in [0.25, 0.3) is 5.91 Å². The predicted octanol–water partition coefficient (Wildman–Crippen LogP) is 2.47. The van der Waals surface area contributed by atoms with Crippen LogP contribution in [0.15, 0.2) is 24.3 Å². The largest absolute Gasteiger partial charge is 0.368 e. The number of piperidine rings is 1. The molecule has 126 valence electrons. The standard InChI is InChI=1S/C19H28N2O2/c1-14-6-4-5-7-17(14)16-12-15(2)21(13-16)18(22)19(23-3)8-10-20-11-9-19/h4-7,15-16,20H,8-13H2,1-3H3. The van der Waals surface area contributed by atoms with Gasteiger partial charge in [0.15, 0.2) is 0 Å². The number of hydrogen-bond donors (Lipinski definition) is 1. The third-order valence-electron chi connectivity index (χ3n) is 5.66. The number of benzene rings is 1. The normalized spacial score (nSPS) is 27.2. The molecule has 2 fully saturated rings. The van der Waals surface area contributed by atoms with E-state index in [1.165, 1.54) is 11.1 Å². The highest BCUT2D eigenvalue weighted by atomic mass is 16.5. The lowest BCUT2D eigenvalue weighted by atomic mass is 9.90. The number of carbonyl (C=O) groups excluding carboxylic acids is 1. The fourth-order valence-corrected chi connectivity index (χ4v) is 4.18. The lowest BCUT2D eigenvalue weighted by Gasteiger charge is -2.39. The Bertz CT molecular complexity index is 566. The van der Waals surface area contributed by atoms with Crippen molar-refractivity contribution in [3.8, 4) is 0 Å². The Morgan fingerprint density at radius 1 is 1.30 bits per heavy atom. The van der Waals surface area contributed by atoms with E-state index in [2.05, 4.69) is 48.3 Å². The third-order valence-corrected chi connectivity index (χ3v) is 5.66. The zero-order chi connectivity index (χ0) is 16.4. The molecule has 2 saturated heterocycles. The van der Waals surface area contributed by atoms with Crippen LogP contribution in [0.1, 0.15) is 43.2 Å². The van der Waals surface area contributed by atoms with Crippen LogP contribution in [0, 0.1) is 6.92 Å². The van der Waals surface area contributed by atoms with Crippen molar-refractivity contribution in [2.45, 2.75) is 50.7 Å². The maximum Gasteiger partial charge on any atom is 0.255 e. The molecular weight excluding hydrogens is 288 g/mol. The van der Waals surface area contributed by atoms with Gasteiger partial charge in [0.2, 0.25) is 0 Å². The molecule has 2 unspecified atom stereocenters. The molecule has 1 amide bonds. The van der Waals surface area contributed by atoms with Crippen molar-refractivity contribution >= 4 is 5.91 Å². The van der Waals surface area contributed by atoms with Crippen LogP contribution in [-0.2, 0) is 9.53 Å². The van der Waals surface area contributed by atoms with Crippen molar-refractivity contribution in [1.29, 1.82) is 0 Å². The molecule has 2 aliphatic rings. The van der Waals surface area contributed by atoms with Gasteiger partial charge in [-0.15, -0.1) is 0 Å². The van der Waals surface area contributed by atoms with Crippen LogP contribution in [0.5, 0.6) is 0 Å². The lowest BCUT2D eigenvalue weighted by Crippen LogP contribution is -2.56. The first-order chi connectivity index (χ1) is 11.1. The van der Waals surface area contributed by atoms with Crippen molar-refractivity contribution in [3.05, 3.63) is 35.4 Å². The van der Waals surface area contributed by atoms with E-state index >= 15 is 0 Å². The molecule has 2 heterocycles. The molecule has 0 saturated carbocycles. The fourth-order valence-electron chi connectivity index (χ4n) is 4.18. The Balaban J connectivity index is 1.78. The maximum atomic E-state index is 13.2. The van der Waals surface area contributed by atoms with Gasteiger partial charge in [-0.3, -0.25) is 4.79 Å². The zero-order valence-corrected chi connectivity index (χ0v) is 14.5. The monoisotopic (exact) mass is 316 g/mol. The summed E-state index contributed by atoms with van der Waals surface area (Å²) >= 11 is 0. The summed E-state index contributed by atoms with van der Waals surface area (Å²) in [6.07, 6.45) is 2.57. The van der Waals surface area contributed by atoms with Crippen molar-refractivity contribution in [2.24, 2.45) is 0 Å². The highest BCUT2D eigenvalue weighted by Gasteiger charge is 2.46. The van der Waals surface area contributed by atoms with Gasteiger partial charge in [-0.1, -0.05) is 24.3 Å². The third kappa shape index (κ3) is 3.02. The molecule has 1 N–H and O–H groups in total. The molecular formula is C19H28N2O2. The minimum Gasteiger partial charge on any atom is -0.368 e. The minimum atomic E-state index is -0.625. The van der Waals surface area contributed by atoms with E-state index in [4.69, 9.17) is 4.74 Å². The molecule has 4 nitrogen and oxygen atoms in total. The quantitative estimate of drug-likeness (QED) is 0.931. The summed E-state index contributed by atoms with van der Waals surface area (Å²) in [5, 5.41) is 3.32. The van der Waals surface area contributed by atoms with Gasteiger partial charge < -0.3 is 15.0 Å². The summed E-state index contributed by atoms with van der Waals surface area (Å²) in [4.78, 5) is 15.3. The molecule has 2 aliphatic heterocycles. The highest BCUT2D eigenvalue weighted by molar-refractivity contribution is 5.86. The van der Waals surface area contributed by atoms with Gasteiger partial charge >= 0.3 is 0 Å². The molecule has 2 atom stereocenters. The van der Waals surface area contributed by atoms with Crippen LogP contribution >= 0.6 is 0 Å². The number of rotatable bonds is 3. The van der Waals surface area contributed by atoms with E-state index in [9.17, 15) is 4.79 Å². The van der Waals surface area contributed by atoms with Crippen LogP contribution in [0.3, 0.4) is 0 Å². The number of nitrogens with one attached hydrogen (secondary N) is 1.